The average molecular weight is 229 g/mol. The van der Waals surface area contributed by atoms with Crippen LogP contribution in [-0.4, -0.2) is 21.0 Å². The van der Waals surface area contributed by atoms with Crippen molar-refractivity contribution in [3.8, 4) is 11.1 Å². The third-order valence-electron chi connectivity index (χ3n) is 2.19. The zero-order chi connectivity index (χ0) is 12.3. The smallest absolute Gasteiger partial charge is 0.222 e. The van der Waals surface area contributed by atoms with Crippen LogP contribution < -0.4 is 11.1 Å². The molecule has 17 heavy (non-hydrogen) atoms. The molecule has 3 N–H and O–H groups in total. The summed E-state index contributed by atoms with van der Waals surface area (Å²) in [5.74, 6) is 1.14. The minimum Gasteiger partial charge on any atom is -0.384 e. The normalized spacial score (nSPS) is 10.5. The van der Waals surface area contributed by atoms with Crippen LogP contribution in [0.25, 0.3) is 11.1 Å². The number of aromatic nitrogens is 3. The third kappa shape index (κ3) is 2.90. The number of nitrogens with zero attached hydrogens (tertiary/aromatic N) is 3. The first-order valence-corrected chi connectivity index (χ1v) is 5.45. The fourth-order valence-corrected chi connectivity index (χ4v) is 1.39. The number of hydrogen-bond acceptors (Lipinski definition) is 5. The van der Waals surface area contributed by atoms with E-state index in [9.17, 15) is 0 Å². The lowest BCUT2D eigenvalue weighted by Crippen LogP contribution is -2.12. The molecule has 5 heteroatoms. The summed E-state index contributed by atoms with van der Waals surface area (Å²) in [7, 11) is 0. The lowest BCUT2D eigenvalue weighted by atomic mass is 10.1. The molecule has 5 nitrogen and oxygen atoms in total. The van der Waals surface area contributed by atoms with E-state index in [1.807, 2.05) is 19.9 Å². The summed E-state index contributed by atoms with van der Waals surface area (Å²) in [5, 5.41) is 3.13. The van der Waals surface area contributed by atoms with Crippen molar-refractivity contribution in [2.75, 3.05) is 11.1 Å². The van der Waals surface area contributed by atoms with Gasteiger partial charge in [-0.25, -0.2) is 15.0 Å². The van der Waals surface area contributed by atoms with Crippen molar-refractivity contribution in [3.63, 3.8) is 0 Å². The summed E-state index contributed by atoms with van der Waals surface area (Å²) in [6.45, 7) is 4.09. The predicted octanol–water partition coefficient (Wildman–Crippen LogP) is 1.94. The third-order valence-corrected chi connectivity index (χ3v) is 2.19. The van der Waals surface area contributed by atoms with Gasteiger partial charge < -0.3 is 11.1 Å². The first-order valence-electron chi connectivity index (χ1n) is 5.45. The van der Waals surface area contributed by atoms with Crippen molar-refractivity contribution in [1.29, 1.82) is 0 Å². The van der Waals surface area contributed by atoms with E-state index in [0.717, 1.165) is 11.1 Å². The highest BCUT2D eigenvalue weighted by molar-refractivity contribution is 5.62. The maximum Gasteiger partial charge on any atom is 0.222 e. The van der Waals surface area contributed by atoms with Crippen LogP contribution in [0.2, 0.25) is 0 Å². The van der Waals surface area contributed by atoms with Gasteiger partial charge in [0.2, 0.25) is 5.95 Å². The molecule has 0 saturated heterocycles. The Labute approximate surface area is 100 Å². The second-order valence-electron chi connectivity index (χ2n) is 4.07. The lowest BCUT2D eigenvalue weighted by molar-refractivity contribution is 0.874. The van der Waals surface area contributed by atoms with E-state index in [2.05, 4.69) is 20.3 Å². The van der Waals surface area contributed by atoms with Crippen LogP contribution in [0.1, 0.15) is 13.8 Å². The zero-order valence-electron chi connectivity index (χ0n) is 9.88. The number of hydrogen-bond donors (Lipinski definition) is 2. The minimum absolute atomic E-state index is 0.319. The molecule has 0 aliphatic carbocycles. The van der Waals surface area contributed by atoms with Crippen LogP contribution in [0.15, 0.2) is 30.7 Å². The second kappa shape index (κ2) is 4.78. The molecule has 0 saturated carbocycles. The van der Waals surface area contributed by atoms with Crippen LogP contribution in [0.5, 0.6) is 0 Å². The molecule has 0 aliphatic rings. The van der Waals surface area contributed by atoms with Gasteiger partial charge in [-0.05, 0) is 26.0 Å². The molecule has 0 bridgehead atoms. The quantitative estimate of drug-likeness (QED) is 0.841. The van der Waals surface area contributed by atoms with Gasteiger partial charge in [0.25, 0.3) is 0 Å². The van der Waals surface area contributed by atoms with Crippen molar-refractivity contribution in [1.82, 2.24) is 15.0 Å². The van der Waals surface area contributed by atoms with Crippen molar-refractivity contribution in [2.24, 2.45) is 0 Å². The zero-order valence-corrected chi connectivity index (χ0v) is 9.88. The first kappa shape index (κ1) is 11.3. The molecule has 2 heterocycles. The Morgan fingerprint density at radius 2 is 1.65 bits per heavy atom. The van der Waals surface area contributed by atoms with Crippen molar-refractivity contribution >= 4 is 11.8 Å². The molecule has 0 atom stereocenters. The number of nitrogens with two attached hydrogens (primary N) is 1. The van der Waals surface area contributed by atoms with Crippen molar-refractivity contribution in [2.45, 2.75) is 19.9 Å². The second-order valence-corrected chi connectivity index (χ2v) is 4.07. The Balaban J connectivity index is 2.20. The topological polar surface area (TPSA) is 76.7 Å². The van der Waals surface area contributed by atoms with Gasteiger partial charge in [-0.15, -0.1) is 0 Å². The van der Waals surface area contributed by atoms with Gasteiger partial charge in [-0.1, -0.05) is 0 Å². The maximum absolute atomic E-state index is 5.53. The molecule has 0 fully saturated rings. The van der Waals surface area contributed by atoms with E-state index in [4.69, 9.17) is 5.73 Å². The molecule has 2 aromatic rings. The number of pyridine rings is 1. The van der Waals surface area contributed by atoms with Crippen LogP contribution in [0.4, 0.5) is 11.8 Å². The fourth-order valence-electron chi connectivity index (χ4n) is 1.39. The van der Waals surface area contributed by atoms with Crippen molar-refractivity contribution < 1.29 is 0 Å². The summed E-state index contributed by atoms with van der Waals surface area (Å²) >= 11 is 0. The molecular formula is C12H15N5. The van der Waals surface area contributed by atoms with Gasteiger partial charge >= 0.3 is 0 Å². The van der Waals surface area contributed by atoms with Gasteiger partial charge in [0.15, 0.2) is 0 Å². The van der Waals surface area contributed by atoms with Gasteiger partial charge in [0.05, 0.1) is 0 Å². The van der Waals surface area contributed by atoms with E-state index < -0.39 is 0 Å². The Morgan fingerprint density at radius 3 is 2.18 bits per heavy atom. The van der Waals surface area contributed by atoms with Gasteiger partial charge in [0.1, 0.15) is 5.82 Å². The van der Waals surface area contributed by atoms with Gasteiger partial charge in [0, 0.05) is 35.8 Å². The highest BCUT2D eigenvalue weighted by atomic mass is 15.1. The number of nitrogens with one attached hydrogen (secondary N) is 1. The fraction of sp³-hybridized carbons (Fsp3) is 0.250. The molecule has 0 amide bonds. The minimum atomic E-state index is 0.319. The predicted molar refractivity (Wildman–Crippen MR) is 68.4 cm³/mol. The molecular weight excluding hydrogens is 214 g/mol. The summed E-state index contributed by atoms with van der Waals surface area (Å²) in [4.78, 5) is 12.5. The molecule has 0 radical (unpaired) electrons. The molecule has 2 rings (SSSR count). The Bertz CT molecular complexity index is 475. The number of rotatable bonds is 3. The monoisotopic (exact) mass is 229 g/mol. The van der Waals surface area contributed by atoms with Crippen LogP contribution in [0, 0.1) is 0 Å². The first-order chi connectivity index (χ1) is 8.15. The SMILES string of the molecule is CC(C)Nc1ncc(-c2ccc(N)nc2)cn1. The molecule has 0 aliphatic heterocycles. The highest BCUT2D eigenvalue weighted by Crippen LogP contribution is 2.17. The summed E-state index contributed by atoms with van der Waals surface area (Å²) < 4.78 is 0. The summed E-state index contributed by atoms with van der Waals surface area (Å²) in [6, 6.07) is 3.98. The van der Waals surface area contributed by atoms with E-state index in [1.165, 1.54) is 0 Å². The van der Waals surface area contributed by atoms with Gasteiger partial charge in [-0.3, -0.25) is 0 Å². The van der Waals surface area contributed by atoms with Crippen LogP contribution in [0.3, 0.4) is 0 Å². The average Bonchev–Trinajstić information content (AvgIpc) is 2.30. The number of nitrogen functional groups attached to an aromatic ring is 1. The van der Waals surface area contributed by atoms with E-state index in [0.29, 0.717) is 17.8 Å². The van der Waals surface area contributed by atoms with Crippen LogP contribution in [-0.2, 0) is 0 Å². The number of anilines is 2. The van der Waals surface area contributed by atoms with E-state index in [1.54, 1.807) is 24.7 Å². The molecule has 0 spiro atoms. The summed E-state index contributed by atoms with van der Waals surface area (Å²) in [5.41, 5.74) is 7.41. The van der Waals surface area contributed by atoms with E-state index in [-0.39, 0.29) is 0 Å². The van der Waals surface area contributed by atoms with Crippen molar-refractivity contribution in [3.05, 3.63) is 30.7 Å². The lowest BCUT2D eigenvalue weighted by Gasteiger charge is -2.08. The molecule has 0 unspecified atom stereocenters. The summed E-state index contributed by atoms with van der Waals surface area (Å²) in [6.07, 6.45) is 5.25. The largest absolute Gasteiger partial charge is 0.384 e. The Hall–Kier alpha value is -2.17. The van der Waals surface area contributed by atoms with Gasteiger partial charge in [-0.2, -0.15) is 0 Å². The Morgan fingerprint density at radius 1 is 1.00 bits per heavy atom. The molecule has 2 aromatic heterocycles. The molecule has 0 aromatic carbocycles. The Kier molecular flexibility index (Phi) is 3.18. The highest BCUT2D eigenvalue weighted by Gasteiger charge is 2.01. The standard InChI is InChI=1S/C12H15N5/c1-8(2)17-12-15-6-10(7-16-12)9-3-4-11(13)14-5-9/h3-8H,1-2H3,(H2,13,14)(H,15,16,17). The van der Waals surface area contributed by atoms with E-state index >= 15 is 0 Å². The molecule has 88 valence electrons. The maximum atomic E-state index is 5.53. The van der Waals surface area contributed by atoms with Crippen LogP contribution >= 0.6 is 0 Å².